The Morgan fingerprint density at radius 3 is 2.28 bits per heavy atom. The van der Waals surface area contributed by atoms with Gasteiger partial charge in [-0.25, -0.2) is 4.79 Å². The first-order valence-electron chi connectivity index (χ1n) is 12.0. The van der Waals surface area contributed by atoms with Gasteiger partial charge in [0.2, 0.25) is 5.91 Å². The molecule has 3 aromatic rings. The highest BCUT2D eigenvalue weighted by atomic mass is 16.5. The van der Waals surface area contributed by atoms with Gasteiger partial charge in [-0.05, 0) is 36.1 Å². The number of para-hydroxylation sites is 3. The molecule has 0 bridgehead atoms. The largest absolute Gasteiger partial charge is 0.455 e. The van der Waals surface area contributed by atoms with Gasteiger partial charge in [-0.2, -0.15) is 0 Å². The molecule has 9 heteroatoms. The SMILES string of the molecule is CC(C)CN(C(=O)CN(C)c1ccccc1Oc1ccccc1)c1c(N)n(CC(C)C)c(=O)[nH]c1=O. The van der Waals surface area contributed by atoms with Crippen LogP contribution >= 0.6 is 0 Å². The van der Waals surface area contributed by atoms with Gasteiger partial charge in [0.25, 0.3) is 5.56 Å². The molecule has 3 N–H and O–H groups in total. The van der Waals surface area contributed by atoms with Crippen LogP contribution in [0.1, 0.15) is 27.7 Å². The van der Waals surface area contributed by atoms with E-state index in [2.05, 4.69) is 4.98 Å². The molecule has 9 nitrogen and oxygen atoms in total. The molecular formula is C27H35N5O4. The molecule has 1 amide bonds. The number of anilines is 3. The topological polar surface area (TPSA) is 114 Å². The van der Waals surface area contributed by atoms with Gasteiger partial charge in [-0.1, -0.05) is 58.0 Å². The summed E-state index contributed by atoms with van der Waals surface area (Å²) in [6.45, 7) is 8.33. The summed E-state index contributed by atoms with van der Waals surface area (Å²) in [4.78, 5) is 44.4. The van der Waals surface area contributed by atoms with E-state index in [0.29, 0.717) is 23.7 Å². The number of hydrogen-bond donors (Lipinski definition) is 2. The minimum atomic E-state index is -0.679. The van der Waals surface area contributed by atoms with Crippen LogP contribution in [0.4, 0.5) is 17.2 Å². The Kier molecular flexibility index (Phi) is 8.58. The number of nitrogens with zero attached hydrogens (tertiary/aromatic N) is 3. The number of benzene rings is 2. The number of ether oxygens (including phenoxy) is 1. The molecule has 0 atom stereocenters. The van der Waals surface area contributed by atoms with Crippen LogP contribution in [0.15, 0.2) is 64.2 Å². The lowest BCUT2D eigenvalue weighted by molar-refractivity contribution is -0.117. The summed E-state index contributed by atoms with van der Waals surface area (Å²) >= 11 is 0. The fourth-order valence-corrected chi connectivity index (χ4v) is 3.92. The van der Waals surface area contributed by atoms with Crippen LogP contribution in [-0.4, -0.2) is 35.6 Å². The number of amides is 1. The number of rotatable bonds is 10. The lowest BCUT2D eigenvalue weighted by atomic mass is 10.2. The quantitative estimate of drug-likeness (QED) is 0.445. The highest BCUT2D eigenvalue weighted by Crippen LogP contribution is 2.31. The Bertz CT molecular complexity index is 1300. The van der Waals surface area contributed by atoms with Crippen LogP contribution in [0.2, 0.25) is 0 Å². The highest BCUT2D eigenvalue weighted by Gasteiger charge is 2.26. The fraction of sp³-hybridized carbons (Fsp3) is 0.370. The molecule has 1 heterocycles. The Morgan fingerprint density at radius 1 is 1.00 bits per heavy atom. The minimum Gasteiger partial charge on any atom is -0.455 e. The Morgan fingerprint density at radius 2 is 1.64 bits per heavy atom. The molecule has 0 aliphatic rings. The standard InChI is InChI=1S/C27H35N5O4/c1-18(2)15-31(24-25(28)32(16-19(3)4)27(35)29-26(24)34)23(33)17-30(5)21-13-9-10-14-22(21)36-20-11-7-6-8-12-20/h6-14,18-19H,15-17,28H2,1-5H3,(H,29,34,35). The van der Waals surface area contributed by atoms with Crippen LogP contribution in [0.5, 0.6) is 11.5 Å². The van der Waals surface area contributed by atoms with Gasteiger partial charge in [0.15, 0.2) is 11.4 Å². The molecule has 3 rings (SSSR count). The van der Waals surface area contributed by atoms with Gasteiger partial charge in [-0.3, -0.25) is 19.1 Å². The first kappa shape index (κ1) is 26.6. The first-order valence-corrected chi connectivity index (χ1v) is 12.0. The number of likely N-dealkylation sites (N-methyl/N-ethyl adjacent to an activating group) is 1. The molecule has 0 saturated heterocycles. The first-order chi connectivity index (χ1) is 17.1. The second kappa shape index (κ2) is 11.6. The normalized spacial score (nSPS) is 11.1. The molecule has 0 saturated carbocycles. The summed E-state index contributed by atoms with van der Waals surface area (Å²) in [5, 5.41) is 0. The summed E-state index contributed by atoms with van der Waals surface area (Å²) in [5.41, 5.74) is 5.76. The van der Waals surface area contributed by atoms with Crippen molar-refractivity contribution < 1.29 is 9.53 Å². The molecule has 36 heavy (non-hydrogen) atoms. The summed E-state index contributed by atoms with van der Waals surface area (Å²) in [6, 6.07) is 16.8. The van der Waals surface area contributed by atoms with Crippen molar-refractivity contribution in [3.05, 3.63) is 75.4 Å². The number of carbonyl (C=O) groups excluding carboxylic acids is 1. The van der Waals surface area contributed by atoms with Crippen molar-refractivity contribution >= 4 is 23.1 Å². The van der Waals surface area contributed by atoms with Gasteiger partial charge in [0, 0.05) is 20.1 Å². The monoisotopic (exact) mass is 493 g/mol. The van der Waals surface area contributed by atoms with E-state index in [1.165, 1.54) is 9.47 Å². The van der Waals surface area contributed by atoms with Crippen LogP contribution in [0.25, 0.3) is 0 Å². The molecule has 1 aromatic heterocycles. The second-order valence-electron chi connectivity index (χ2n) is 9.63. The van der Waals surface area contributed by atoms with Crippen molar-refractivity contribution in [1.29, 1.82) is 0 Å². The van der Waals surface area contributed by atoms with Gasteiger partial charge >= 0.3 is 5.69 Å². The van der Waals surface area contributed by atoms with Gasteiger partial charge in [0.05, 0.1) is 12.2 Å². The van der Waals surface area contributed by atoms with Gasteiger partial charge in [-0.15, -0.1) is 0 Å². The molecular weight excluding hydrogens is 458 g/mol. The van der Waals surface area contributed by atoms with E-state index in [9.17, 15) is 14.4 Å². The van der Waals surface area contributed by atoms with Crippen LogP contribution < -0.4 is 31.5 Å². The average Bonchev–Trinajstić information content (AvgIpc) is 2.81. The molecule has 0 radical (unpaired) electrons. The van der Waals surface area contributed by atoms with Crippen molar-refractivity contribution in [2.45, 2.75) is 34.2 Å². The predicted molar refractivity (Wildman–Crippen MR) is 144 cm³/mol. The minimum absolute atomic E-state index is 0.00355. The molecule has 2 aromatic carbocycles. The number of H-pyrrole nitrogens is 1. The van der Waals surface area contributed by atoms with Crippen molar-refractivity contribution in [2.75, 3.05) is 35.7 Å². The maximum absolute atomic E-state index is 13.6. The van der Waals surface area contributed by atoms with E-state index < -0.39 is 11.2 Å². The van der Waals surface area contributed by atoms with Crippen molar-refractivity contribution in [3.63, 3.8) is 0 Å². The van der Waals surface area contributed by atoms with Gasteiger partial charge in [0.1, 0.15) is 11.6 Å². The third-order valence-electron chi connectivity index (χ3n) is 5.50. The summed E-state index contributed by atoms with van der Waals surface area (Å²) < 4.78 is 7.36. The van der Waals surface area contributed by atoms with E-state index in [1.807, 2.05) is 82.3 Å². The van der Waals surface area contributed by atoms with Crippen LogP contribution in [0, 0.1) is 11.8 Å². The number of aromatic nitrogens is 2. The van der Waals surface area contributed by atoms with E-state index in [0.717, 1.165) is 0 Å². The van der Waals surface area contributed by atoms with Crippen molar-refractivity contribution in [3.8, 4) is 11.5 Å². The van der Waals surface area contributed by atoms with Crippen LogP contribution in [0.3, 0.4) is 0 Å². The Labute approximate surface area is 211 Å². The molecule has 0 fully saturated rings. The number of nitrogens with two attached hydrogens (primary N) is 1. The van der Waals surface area contributed by atoms with Crippen LogP contribution in [-0.2, 0) is 11.3 Å². The summed E-state index contributed by atoms with van der Waals surface area (Å²) in [5.74, 6) is 1.10. The van der Waals surface area contributed by atoms with E-state index in [4.69, 9.17) is 10.5 Å². The number of nitrogens with one attached hydrogen (secondary N) is 1. The predicted octanol–water partition coefficient (Wildman–Crippen LogP) is 3.69. The lowest BCUT2D eigenvalue weighted by Gasteiger charge is -2.29. The van der Waals surface area contributed by atoms with Crippen molar-refractivity contribution in [2.24, 2.45) is 11.8 Å². The average molecular weight is 494 g/mol. The number of carbonyl (C=O) groups is 1. The zero-order valence-corrected chi connectivity index (χ0v) is 21.5. The highest BCUT2D eigenvalue weighted by molar-refractivity contribution is 5.98. The van der Waals surface area contributed by atoms with Crippen molar-refractivity contribution in [1.82, 2.24) is 9.55 Å². The zero-order valence-electron chi connectivity index (χ0n) is 21.5. The fourth-order valence-electron chi connectivity index (χ4n) is 3.92. The van der Waals surface area contributed by atoms with E-state index in [1.54, 1.807) is 11.9 Å². The second-order valence-corrected chi connectivity index (χ2v) is 9.63. The molecule has 0 spiro atoms. The summed E-state index contributed by atoms with van der Waals surface area (Å²) in [7, 11) is 1.78. The van der Waals surface area contributed by atoms with E-state index in [-0.39, 0.29) is 42.3 Å². The molecule has 192 valence electrons. The molecule has 0 unspecified atom stereocenters. The maximum atomic E-state index is 13.6. The Hall–Kier alpha value is -4.01. The third kappa shape index (κ3) is 6.35. The molecule has 0 aliphatic heterocycles. The maximum Gasteiger partial charge on any atom is 0.330 e. The zero-order chi connectivity index (χ0) is 26.4. The Balaban J connectivity index is 1.94. The van der Waals surface area contributed by atoms with Gasteiger partial charge < -0.3 is 20.3 Å². The smallest absolute Gasteiger partial charge is 0.330 e. The number of hydrogen-bond acceptors (Lipinski definition) is 6. The summed E-state index contributed by atoms with van der Waals surface area (Å²) in [6.07, 6.45) is 0. The van der Waals surface area contributed by atoms with E-state index >= 15 is 0 Å². The number of aromatic amines is 1. The molecule has 0 aliphatic carbocycles. The third-order valence-corrected chi connectivity index (χ3v) is 5.50. The number of nitrogen functional groups attached to an aromatic ring is 1. The lowest BCUT2D eigenvalue weighted by Crippen LogP contribution is -2.46.